The van der Waals surface area contributed by atoms with Crippen LogP contribution in [-0.2, 0) is 4.74 Å². The summed E-state index contributed by atoms with van der Waals surface area (Å²) in [7, 11) is 0. The van der Waals surface area contributed by atoms with E-state index in [9.17, 15) is 4.79 Å². The predicted octanol–water partition coefficient (Wildman–Crippen LogP) is -0.116. The molecule has 0 aliphatic carbocycles. The molecule has 0 unspecified atom stereocenters. The average Bonchev–Trinajstić information content (AvgIpc) is 1.96. The Morgan fingerprint density at radius 2 is 2.64 bits per heavy atom. The second-order valence-electron chi connectivity index (χ2n) is 2.42. The largest absolute Gasteiger partial charge is 0.380 e. The maximum atomic E-state index is 11.1. The van der Waals surface area contributed by atoms with Crippen LogP contribution in [0.15, 0.2) is 17.0 Å². The third-order valence-electron chi connectivity index (χ3n) is 1.61. The molecule has 0 spiro atoms. The molecule has 4 heteroatoms. The van der Waals surface area contributed by atoms with Gasteiger partial charge in [-0.3, -0.25) is 4.79 Å². The van der Waals surface area contributed by atoms with E-state index in [4.69, 9.17) is 7.48 Å². The van der Waals surface area contributed by atoms with Crippen molar-refractivity contribution < 1.29 is 7.48 Å². The minimum Gasteiger partial charge on any atom is -0.380 e. The first-order valence-electron chi connectivity index (χ1n) is 4.33. The van der Waals surface area contributed by atoms with Crippen LogP contribution >= 0.6 is 0 Å². The van der Waals surface area contributed by atoms with Crippen LogP contribution in [0.2, 0.25) is 0 Å². The number of aromatic amines is 1. The van der Waals surface area contributed by atoms with Crippen molar-refractivity contribution in [2.75, 3.05) is 13.2 Å². The van der Waals surface area contributed by atoms with Crippen molar-refractivity contribution in [1.29, 1.82) is 0 Å². The number of hydrogen-bond acceptors (Lipinski definition) is 3. The van der Waals surface area contributed by atoms with Gasteiger partial charge in [-0.1, -0.05) is 0 Å². The summed E-state index contributed by atoms with van der Waals surface area (Å²) < 4.78 is 19.3. The number of aromatic nitrogens is 2. The van der Waals surface area contributed by atoms with Gasteiger partial charge in [0.2, 0.25) is 0 Å². The molecule has 0 aromatic carbocycles. The summed E-state index contributed by atoms with van der Waals surface area (Å²) in [5.74, 6) is 0.537. The second-order valence-corrected chi connectivity index (χ2v) is 2.42. The van der Waals surface area contributed by atoms with Crippen LogP contribution in [0.3, 0.4) is 0 Å². The molecule has 1 saturated heterocycles. The number of rotatable bonds is 1. The third kappa shape index (κ3) is 1.17. The van der Waals surface area contributed by atoms with Crippen molar-refractivity contribution in [1.82, 2.24) is 9.97 Å². The zero-order chi connectivity index (χ0) is 9.42. The quantitative estimate of drug-likeness (QED) is 0.613. The standard InChI is InChI=1S/C7H8N2O2/c10-6-1-2-8-7(9-6)5-3-11-4-5/h1-2,5H,3-4H2,(H,8,9,10)/i1D,2D. The summed E-state index contributed by atoms with van der Waals surface area (Å²) in [6, 6.07) is -0.385. The Balaban J connectivity index is 2.43. The Bertz CT molecular complexity index is 387. The predicted molar refractivity (Wildman–Crippen MR) is 38.4 cm³/mol. The molecule has 4 nitrogen and oxygen atoms in total. The highest BCUT2D eigenvalue weighted by atomic mass is 16.5. The van der Waals surface area contributed by atoms with Gasteiger partial charge in [0.05, 0.1) is 21.9 Å². The average molecular weight is 154 g/mol. The Morgan fingerprint density at radius 1 is 1.82 bits per heavy atom. The first-order chi connectivity index (χ1) is 6.18. The fourth-order valence-corrected chi connectivity index (χ4v) is 0.901. The Kier molecular flexibility index (Phi) is 1.05. The molecule has 0 saturated carbocycles. The van der Waals surface area contributed by atoms with Gasteiger partial charge in [-0.15, -0.1) is 0 Å². The van der Waals surface area contributed by atoms with Crippen LogP contribution < -0.4 is 5.56 Å². The lowest BCUT2D eigenvalue weighted by Crippen LogP contribution is -2.28. The van der Waals surface area contributed by atoms with Crippen molar-refractivity contribution in [3.05, 3.63) is 28.4 Å². The summed E-state index contributed by atoms with van der Waals surface area (Å²) in [5, 5.41) is 0. The van der Waals surface area contributed by atoms with Crippen molar-refractivity contribution in [2.45, 2.75) is 5.92 Å². The first kappa shape index (κ1) is 4.66. The van der Waals surface area contributed by atoms with E-state index >= 15 is 0 Å². The van der Waals surface area contributed by atoms with Crippen LogP contribution in [0.1, 0.15) is 14.5 Å². The summed E-state index contributed by atoms with van der Waals surface area (Å²) in [6.45, 7) is 1.06. The minimum atomic E-state index is -0.554. The van der Waals surface area contributed by atoms with E-state index in [2.05, 4.69) is 9.97 Å². The Hall–Kier alpha value is -1.16. The normalized spacial score (nSPS) is 20.4. The molecule has 58 valence electrons. The SMILES string of the molecule is [2H]c1nc(C2COC2)[nH]c(=O)c1[2H]. The number of hydrogen-bond donors (Lipinski definition) is 1. The molecular weight excluding hydrogens is 144 g/mol. The van der Waals surface area contributed by atoms with Crippen LogP contribution in [-0.4, -0.2) is 23.2 Å². The monoisotopic (exact) mass is 154 g/mol. The fraction of sp³-hybridized carbons (Fsp3) is 0.429. The van der Waals surface area contributed by atoms with Gasteiger partial charge in [-0.25, -0.2) is 4.98 Å². The fourth-order valence-electron chi connectivity index (χ4n) is 0.901. The smallest absolute Gasteiger partial charge is 0.250 e. The minimum absolute atomic E-state index is 0.0809. The highest BCUT2D eigenvalue weighted by molar-refractivity contribution is 5.00. The molecule has 1 aromatic rings. The van der Waals surface area contributed by atoms with E-state index in [1.807, 2.05) is 0 Å². The number of nitrogens with zero attached hydrogens (tertiary/aromatic N) is 1. The lowest BCUT2D eigenvalue weighted by atomic mass is 10.1. The summed E-state index contributed by atoms with van der Waals surface area (Å²) in [6.07, 6.45) is -0.273. The van der Waals surface area contributed by atoms with E-state index < -0.39 is 5.56 Å². The Labute approximate surface area is 66.0 Å². The van der Waals surface area contributed by atoms with E-state index in [-0.39, 0.29) is 18.1 Å². The summed E-state index contributed by atoms with van der Waals surface area (Å²) in [4.78, 5) is 17.3. The molecule has 2 heterocycles. The topological polar surface area (TPSA) is 55.0 Å². The van der Waals surface area contributed by atoms with Gasteiger partial charge < -0.3 is 9.72 Å². The van der Waals surface area contributed by atoms with Gasteiger partial charge in [0.1, 0.15) is 5.82 Å². The van der Waals surface area contributed by atoms with Crippen LogP contribution in [0, 0.1) is 0 Å². The van der Waals surface area contributed by atoms with E-state index in [0.29, 0.717) is 19.0 Å². The van der Waals surface area contributed by atoms with Gasteiger partial charge in [0.25, 0.3) is 5.56 Å². The van der Waals surface area contributed by atoms with Crippen molar-refractivity contribution in [3.63, 3.8) is 0 Å². The summed E-state index contributed by atoms with van der Waals surface area (Å²) >= 11 is 0. The highest BCUT2D eigenvalue weighted by Crippen LogP contribution is 2.18. The van der Waals surface area contributed by atoms with E-state index in [0.717, 1.165) is 0 Å². The second kappa shape index (κ2) is 2.47. The lowest BCUT2D eigenvalue weighted by Gasteiger charge is -2.24. The molecule has 2 rings (SSSR count). The number of nitrogens with one attached hydrogen (secondary N) is 1. The number of ether oxygens (including phenoxy) is 1. The molecular formula is C7H8N2O2. The molecule has 1 N–H and O–H groups in total. The highest BCUT2D eigenvalue weighted by Gasteiger charge is 2.22. The summed E-state index contributed by atoms with van der Waals surface area (Å²) in [5.41, 5.74) is -0.554. The maximum absolute atomic E-state index is 11.1. The molecule has 0 radical (unpaired) electrons. The van der Waals surface area contributed by atoms with Crippen molar-refractivity contribution >= 4 is 0 Å². The van der Waals surface area contributed by atoms with Gasteiger partial charge in [0, 0.05) is 12.2 Å². The van der Waals surface area contributed by atoms with E-state index in [1.54, 1.807) is 0 Å². The van der Waals surface area contributed by atoms with Gasteiger partial charge in [-0.05, 0) is 0 Å². The molecule has 1 aliphatic heterocycles. The molecule has 0 atom stereocenters. The van der Waals surface area contributed by atoms with Crippen LogP contribution in [0.4, 0.5) is 0 Å². The van der Waals surface area contributed by atoms with Gasteiger partial charge in [-0.2, -0.15) is 0 Å². The number of H-pyrrole nitrogens is 1. The molecule has 1 fully saturated rings. The first-order valence-corrected chi connectivity index (χ1v) is 3.33. The van der Waals surface area contributed by atoms with Gasteiger partial charge in [0.15, 0.2) is 0 Å². The third-order valence-corrected chi connectivity index (χ3v) is 1.61. The van der Waals surface area contributed by atoms with Crippen molar-refractivity contribution in [2.24, 2.45) is 0 Å². The molecule has 0 bridgehead atoms. The Morgan fingerprint density at radius 3 is 3.18 bits per heavy atom. The zero-order valence-electron chi connectivity index (χ0n) is 7.76. The van der Waals surface area contributed by atoms with E-state index in [1.165, 1.54) is 0 Å². The lowest BCUT2D eigenvalue weighted by molar-refractivity contribution is 0.00475. The molecule has 1 aliphatic rings. The molecule has 1 aromatic heterocycles. The van der Waals surface area contributed by atoms with Crippen LogP contribution in [0.5, 0.6) is 0 Å². The maximum Gasteiger partial charge on any atom is 0.250 e. The van der Waals surface area contributed by atoms with Crippen molar-refractivity contribution in [3.8, 4) is 0 Å². The van der Waals surface area contributed by atoms with Crippen LogP contribution in [0.25, 0.3) is 0 Å². The molecule has 11 heavy (non-hydrogen) atoms. The molecule has 0 amide bonds. The van der Waals surface area contributed by atoms with Gasteiger partial charge >= 0.3 is 0 Å². The zero-order valence-corrected chi connectivity index (χ0v) is 5.76.